The number of amides is 1. The van der Waals surface area contributed by atoms with Gasteiger partial charge in [-0.1, -0.05) is 6.07 Å². The highest BCUT2D eigenvalue weighted by molar-refractivity contribution is 7.92. The highest BCUT2D eigenvalue weighted by atomic mass is 32.2. The van der Waals surface area contributed by atoms with Crippen molar-refractivity contribution < 1.29 is 22.0 Å². The largest absolute Gasteiger partial charge is 0.333 e. The van der Waals surface area contributed by atoms with Crippen LogP contribution in [0, 0.1) is 11.6 Å². The number of halogens is 2. The second-order valence-corrected chi connectivity index (χ2v) is 11.9. The van der Waals surface area contributed by atoms with Crippen LogP contribution >= 0.6 is 11.3 Å². The third kappa shape index (κ3) is 5.31. The summed E-state index contributed by atoms with van der Waals surface area (Å²) in [4.78, 5) is 21.9. The third-order valence-corrected chi connectivity index (χ3v) is 8.75. The zero-order chi connectivity index (χ0) is 27.0. The molecule has 196 valence electrons. The second-order valence-electron chi connectivity index (χ2n) is 9.21. The lowest BCUT2D eigenvalue weighted by atomic mass is 10.1. The van der Waals surface area contributed by atoms with Gasteiger partial charge in [-0.05, 0) is 67.7 Å². The Kier molecular flexibility index (Phi) is 6.99. The van der Waals surface area contributed by atoms with Crippen LogP contribution in [0.5, 0.6) is 0 Å². The fraction of sp³-hybridized carbons (Fsp3) is 0.185. The van der Waals surface area contributed by atoms with Gasteiger partial charge in [-0.3, -0.25) is 14.5 Å². The Hall–Kier alpha value is -3.67. The molecule has 0 fully saturated rings. The molecule has 4 aromatic rings. The molecule has 1 N–H and O–H groups in total. The van der Waals surface area contributed by atoms with E-state index < -0.39 is 26.6 Å². The van der Waals surface area contributed by atoms with E-state index in [9.17, 15) is 22.0 Å². The molecule has 1 amide bonds. The van der Waals surface area contributed by atoms with Gasteiger partial charge in [0.15, 0.2) is 0 Å². The Labute approximate surface area is 223 Å². The lowest BCUT2D eigenvalue weighted by molar-refractivity contribution is 0.0768. The fourth-order valence-electron chi connectivity index (χ4n) is 4.22. The summed E-state index contributed by atoms with van der Waals surface area (Å²) in [5, 5.41) is 0. The molecule has 2 aromatic carbocycles. The minimum Gasteiger partial charge on any atom is -0.333 e. The molecule has 0 saturated heterocycles. The van der Waals surface area contributed by atoms with Crippen molar-refractivity contribution in [2.24, 2.45) is 0 Å². The quantitative estimate of drug-likeness (QED) is 0.329. The number of sulfonamides is 1. The number of fused-ring (bicyclic) bond motifs is 1. The van der Waals surface area contributed by atoms with Crippen LogP contribution < -0.4 is 4.72 Å². The van der Waals surface area contributed by atoms with E-state index in [2.05, 4.69) is 9.71 Å². The number of nitrogens with one attached hydrogen (secondary N) is 1. The van der Waals surface area contributed by atoms with E-state index in [0.29, 0.717) is 24.7 Å². The average Bonchev–Trinajstić information content (AvgIpc) is 3.47. The van der Waals surface area contributed by atoms with Crippen molar-refractivity contribution >= 4 is 33.0 Å². The molecule has 0 aliphatic carbocycles. The number of benzene rings is 2. The van der Waals surface area contributed by atoms with Gasteiger partial charge >= 0.3 is 0 Å². The van der Waals surface area contributed by atoms with Crippen LogP contribution in [0.1, 0.15) is 15.9 Å². The molecule has 7 nitrogen and oxygen atoms in total. The van der Waals surface area contributed by atoms with Gasteiger partial charge < -0.3 is 9.80 Å². The van der Waals surface area contributed by atoms with Crippen molar-refractivity contribution in [3.63, 3.8) is 0 Å². The van der Waals surface area contributed by atoms with Crippen LogP contribution in [0.2, 0.25) is 0 Å². The minimum atomic E-state index is -4.28. The van der Waals surface area contributed by atoms with E-state index in [1.54, 1.807) is 12.3 Å². The molecule has 2 aromatic heterocycles. The van der Waals surface area contributed by atoms with Crippen molar-refractivity contribution in [3.8, 4) is 20.9 Å². The first-order valence-electron chi connectivity index (χ1n) is 11.7. The van der Waals surface area contributed by atoms with E-state index in [1.165, 1.54) is 17.5 Å². The predicted octanol–water partition coefficient (Wildman–Crippen LogP) is 5.07. The van der Waals surface area contributed by atoms with Gasteiger partial charge in [0.1, 0.15) is 16.5 Å². The summed E-state index contributed by atoms with van der Waals surface area (Å²) in [6.45, 7) is 2.04. The average molecular weight is 555 g/mol. The van der Waals surface area contributed by atoms with Gasteiger partial charge in [0.25, 0.3) is 15.9 Å². The molecule has 0 saturated carbocycles. The molecule has 0 bridgehead atoms. The van der Waals surface area contributed by atoms with Crippen LogP contribution in [0.25, 0.3) is 20.9 Å². The molecule has 0 spiro atoms. The lowest BCUT2D eigenvalue weighted by Crippen LogP contribution is -2.31. The van der Waals surface area contributed by atoms with Gasteiger partial charge in [0, 0.05) is 52.8 Å². The standard InChI is InChI=1S/C27H24F2N4O3S2/c1-32(2)9-10-33-16-19-11-17(3-5-22(19)27(33)34)24-6-7-25(37-24)18-12-21(15-30-14-18)31-38(35,36)26-8-4-20(28)13-23(26)29/h3-8,11-15,31H,9-10,16H2,1-2H3. The number of anilines is 1. The Morgan fingerprint density at radius 1 is 1.00 bits per heavy atom. The molecule has 0 atom stereocenters. The van der Waals surface area contributed by atoms with E-state index in [-0.39, 0.29) is 11.6 Å². The number of likely N-dealkylation sites (N-methyl/N-ethyl adjacent to an activating group) is 1. The maximum Gasteiger partial charge on any atom is 0.264 e. The number of aromatic nitrogens is 1. The molecule has 1 aliphatic rings. The van der Waals surface area contributed by atoms with Crippen molar-refractivity contribution in [2.75, 3.05) is 31.9 Å². The minimum absolute atomic E-state index is 0.0473. The van der Waals surface area contributed by atoms with Crippen LogP contribution in [0.3, 0.4) is 0 Å². The van der Waals surface area contributed by atoms with E-state index in [1.807, 2.05) is 54.2 Å². The predicted molar refractivity (Wildman–Crippen MR) is 143 cm³/mol. The number of hydrogen-bond donors (Lipinski definition) is 1. The lowest BCUT2D eigenvalue weighted by Gasteiger charge is -2.18. The van der Waals surface area contributed by atoms with Crippen molar-refractivity contribution in [1.82, 2.24) is 14.8 Å². The maximum atomic E-state index is 14.1. The SMILES string of the molecule is CN(C)CCN1Cc2cc(-c3ccc(-c4cncc(NS(=O)(=O)c5ccc(F)cc5F)c4)s3)ccc2C1=O. The summed E-state index contributed by atoms with van der Waals surface area (Å²) in [6, 6.07) is 13.6. The molecular weight excluding hydrogens is 530 g/mol. The zero-order valence-electron chi connectivity index (χ0n) is 20.6. The number of pyridine rings is 1. The molecule has 0 radical (unpaired) electrons. The summed E-state index contributed by atoms with van der Waals surface area (Å²) >= 11 is 1.50. The molecule has 1 aliphatic heterocycles. The molecule has 5 rings (SSSR count). The Morgan fingerprint density at radius 3 is 2.50 bits per heavy atom. The summed E-state index contributed by atoms with van der Waals surface area (Å²) in [7, 11) is -0.328. The molecule has 11 heteroatoms. The summed E-state index contributed by atoms with van der Waals surface area (Å²) in [5.41, 5.74) is 3.53. The highest BCUT2D eigenvalue weighted by Crippen LogP contribution is 2.37. The summed E-state index contributed by atoms with van der Waals surface area (Å²) in [5.74, 6) is -2.00. The topological polar surface area (TPSA) is 82.6 Å². The molecule has 0 unspecified atom stereocenters. The number of rotatable bonds is 8. The third-order valence-electron chi connectivity index (χ3n) is 6.15. The van der Waals surface area contributed by atoms with Crippen LogP contribution in [0.4, 0.5) is 14.5 Å². The van der Waals surface area contributed by atoms with Gasteiger partial charge in [-0.2, -0.15) is 0 Å². The molecule has 38 heavy (non-hydrogen) atoms. The van der Waals surface area contributed by atoms with Gasteiger partial charge in [-0.15, -0.1) is 11.3 Å². The Morgan fingerprint density at radius 2 is 1.76 bits per heavy atom. The van der Waals surface area contributed by atoms with Gasteiger partial charge in [0.05, 0.1) is 11.9 Å². The Balaban J connectivity index is 1.35. The monoisotopic (exact) mass is 554 g/mol. The normalized spacial score (nSPS) is 13.3. The first kappa shape index (κ1) is 26.0. The fourth-order valence-corrected chi connectivity index (χ4v) is 6.30. The maximum absolute atomic E-state index is 14.1. The zero-order valence-corrected chi connectivity index (χ0v) is 22.2. The van der Waals surface area contributed by atoms with Crippen molar-refractivity contribution in [2.45, 2.75) is 11.4 Å². The summed E-state index contributed by atoms with van der Waals surface area (Å²) < 4.78 is 54.9. The number of nitrogens with zero attached hydrogens (tertiary/aromatic N) is 3. The first-order chi connectivity index (χ1) is 18.1. The van der Waals surface area contributed by atoms with Crippen LogP contribution in [-0.4, -0.2) is 56.3 Å². The van der Waals surface area contributed by atoms with E-state index >= 15 is 0 Å². The van der Waals surface area contributed by atoms with Crippen LogP contribution in [0.15, 0.2) is 71.9 Å². The number of carbonyl (C=O) groups is 1. The molecular formula is C27H24F2N4O3S2. The molecule has 3 heterocycles. The highest BCUT2D eigenvalue weighted by Gasteiger charge is 2.27. The number of hydrogen-bond acceptors (Lipinski definition) is 6. The number of thiophene rings is 1. The van der Waals surface area contributed by atoms with Gasteiger partial charge in [-0.25, -0.2) is 17.2 Å². The first-order valence-corrected chi connectivity index (χ1v) is 14.0. The van der Waals surface area contributed by atoms with Crippen molar-refractivity contribution in [1.29, 1.82) is 0 Å². The smallest absolute Gasteiger partial charge is 0.264 e. The number of carbonyl (C=O) groups excluding carboxylic acids is 1. The van der Waals surface area contributed by atoms with E-state index in [4.69, 9.17) is 0 Å². The van der Waals surface area contributed by atoms with Crippen LogP contribution in [-0.2, 0) is 16.6 Å². The Bertz CT molecular complexity index is 1640. The van der Waals surface area contributed by atoms with Crippen molar-refractivity contribution in [3.05, 3.63) is 89.8 Å². The van der Waals surface area contributed by atoms with E-state index in [0.717, 1.165) is 45.1 Å². The van der Waals surface area contributed by atoms with Gasteiger partial charge in [0.2, 0.25) is 0 Å². The second kappa shape index (κ2) is 10.2. The summed E-state index contributed by atoms with van der Waals surface area (Å²) in [6.07, 6.45) is 2.92.